The molecule has 0 saturated carbocycles. The predicted molar refractivity (Wildman–Crippen MR) is 104 cm³/mol. The highest BCUT2D eigenvalue weighted by atomic mass is 15.1. The zero-order valence-electron chi connectivity index (χ0n) is 15.7. The summed E-state index contributed by atoms with van der Waals surface area (Å²) in [6.45, 7) is 8.92. The number of likely N-dealkylation sites (N-methyl/N-ethyl adjacent to an activating group) is 1. The van der Waals surface area contributed by atoms with E-state index in [1.165, 1.54) is 27.6 Å². The largest absolute Gasteiger partial charge is 0.344 e. The molecule has 0 radical (unpaired) electrons. The van der Waals surface area contributed by atoms with Crippen LogP contribution in [0.4, 0.5) is 0 Å². The minimum Gasteiger partial charge on any atom is -0.344 e. The van der Waals surface area contributed by atoms with E-state index < -0.39 is 0 Å². The molecule has 0 aliphatic carbocycles. The molecule has 3 aromatic rings. The first-order valence-electron chi connectivity index (χ1n) is 9.25. The molecule has 1 aliphatic heterocycles. The van der Waals surface area contributed by atoms with Gasteiger partial charge in [0.15, 0.2) is 0 Å². The number of hydrogen-bond acceptors (Lipinski definition) is 2. The summed E-state index contributed by atoms with van der Waals surface area (Å²) in [7, 11) is 2.25. The van der Waals surface area contributed by atoms with Crippen LogP contribution in [0.5, 0.6) is 0 Å². The van der Waals surface area contributed by atoms with Gasteiger partial charge in [-0.2, -0.15) is 0 Å². The number of pyridine rings is 1. The van der Waals surface area contributed by atoms with E-state index in [2.05, 4.69) is 60.5 Å². The lowest BCUT2D eigenvalue weighted by Gasteiger charge is -2.31. The zero-order chi connectivity index (χ0) is 17.6. The van der Waals surface area contributed by atoms with Crippen LogP contribution < -0.4 is 0 Å². The van der Waals surface area contributed by atoms with Crippen molar-refractivity contribution in [2.24, 2.45) is 0 Å². The van der Waals surface area contributed by atoms with Gasteiger partial charge in [0, 0.05) is 49.0 Å². The molecule has 3 heteroatoms. The summed E-state index contributed by atoms with van der Waals surface area (Å²) in [6, 6.07) is 9.36. The summed E-state index contributed by atoms with van der Waals surface area (Å²) < 4.78 is 2.60. The van der Waals surface area contributed by atoms with Gasteiger partial charge in [-0.05, 0) is 62.6 Å². The van der Waals surface area contributed by atoms with Gasteiger partial charge in [0.1, 0.15) is 0 Å². The van der Waals surface area contributed by atoms with Crippen molar-refractivity contribution in [3.63, 3.8) is 0 Å². The van der Waals surface area contributed by atoms with Crippen LogP contribution in [0.15, 0.2) is 36.7 Å². The Morgan fingerprint density at radius 3 is 2.72 bits per heavy atom. The van der Waals surface area contributed by atoms with E-state index >= 15 is 0 Å². The molecule has 0 fully saturated rings. The third kappa shape index (κ3) is 2.77. The Bertz CT molecular complexity index is 908. The SMILES string of the molecule is Cc1ccc(C)c2c1c1c(n2CCc2cccnc2)CC(C)N(C)C1. The highest BCUT2D eigenvalue weighted by Gasteiger charge is 2.27. The molecule has 25 heavy (non-hydrogen) atoms. The normalized spacial score (nSPS) is 17.8. The maximum Gasteiger partial charge on any atom is 0.0518 e. The summed E-state index contributed by atoms with van der Waals surface area (Å²) in [5.41, 5.74) is 8.63. The molecule has 0 amide bonds. The van der Waals surface area contributed by atoms with Gasteiger partial charge in [-0.15, -0.1) is 0 Å². The van der Waals surface area contributed by atoms with Crippen LogP contribution in [0, 0.1) is 13.8 Å². The lowest BCUT2D eigenvalue weighted by atomic mass is 9.97. The minimum absolute atomic E-state index is 0.592. The fraction of sp³-hybridized carbons (Fsp3) is 0.409. The van der Waals surface area contributed by atoms with Crippen LogP contribution in [0.25, 0.3) is 10.9 Å². The van der Waals surface area contributed by atoms with Crippen LogP contribution in [0.3, 0.4) is 0 Å². The number of fused-ring (bicyclic) bond motifs is 3. The van der Waals surface area contributed by atoms with Gasteiger partial charge in [-0.25, -0.2) is 0 Å². The van der Waals surface area contributed by atoms with E-state index in [0.29, 0.717) is 6.04 Å². The molecule has 1 aliphatic rings. The van der Waals surface area contributed by atoms with E-state index in [4.69, 9.17) is 0 Å². The summed E-state index contributed by atoms with van der Waals surface area (Å²) in [5.74, 6) is 0. The van der Waals surface area contributed by atoms with Crippen LogP contribution in [0.1, 0.15) is 34.9 Å². The second-order valence-corrected chi connectivity index (χ2v) is 7.58. The monoisotopic (exact) mass is 333 g/mol. The summed E-state index contributed by atoms with van der Waals surface area (Å²) in [6.07, 6.45) is 6.00. The smallest absolute Gasteiger partial charge is 0.0518 e. The third-order valence-electron chi connectivity index (χ3n) is 5.83. The molecule has 4 rings (SSSR count). The van der Waals surface area contributed by atoms with Crippen molar-refractivity contribution in [3.8, 4) is 0 Å². The van der Waals surface area contributed by atoms with Crippen LogP contribution in [-0.2, 0) is 25.9 Å². The number of hydrogen-bond donors (Lipinski definition) is 0. The average molecular weight is 333 g/mol. The van der Waals surface area contributed by atoms with Crippen molar-refractivity contribution in [2.45, 2.75) is 52.7 Å². The summed E-state index contributed by atoms with van der Waals surface area (Å²) in [4.78, 5) is 6.75. The molecule has 1 aromatic carbocycles. The van der Waals surface area contributed by atoms with Crippen molar-refractivity contribution in [3.05, 3.63) is 64.6 Å². The van der Waals surface area contributed by atoms with Crippen LogP contribution >= 0.6 is 0 Å². The number of aromatic nitrogens is 2. The fourth-order valence-corrected chi connectivity index (χ4v) is 4.25. The second-order valence-electron chi connectivity index (χ2n) is 7.58. The lowest BCUT2D eigenvalue weighted by molar-refractivity contribution is 0.228. The first kappa shape index (κ1) is 16.3. The molecule has 0 spiro atoms. The molecular weight excluding hydrogens is 306 g/mol. The quantitative estimate of drug-likeness (QED) is 0.713. The van der Waals surface area contributed by atoms with Gasteiger partial charge in [0.05, 0.1) is 5.52 Å². The average Bonchev–Trinajstić information content (AvgIpc) is 2.92. The van der Waals surface area contributed by atoms with E-state index in [0.717, 1.165) is 25.9 Å². The van der Waals surface area contributed by atoms with E-state index in [1.54, 1.807) is 11.3 Å². The topological polar surface area (TPSA) is 21.1 Å². The number of aryl methyl sites for hydroxylation is 4. The predicted octanol–water partition coefficient (Wildman–Crippen LogP) is 4.27. The molecule has 2 aromatic heterocycles. The zero-order valence-corrected chi connectivity index (χ0v) is 15.7. The molecule has 3 nitrogen and oxygen atoms in total. The molecule has 1 unspecified atom stereocenters. The van der Waals surface area contributed by atoms with Gasteiger partial charge in [0.25, 0.3) is 0 Å². The van der Waals surface area contributed by atoms with Crippen molar-refractivity contribution in [1.29, 1.82) is 0 Å². The van der Waals surface area contributed by atoms with Gasteiger partial charge < -0.3 is 4.57 Å². The Hall–Kier alpha value is -2.13. The summed E-state index contributed by atoms with van der Waals surface area (Å²) >= 11 is 0. The highest BCUT2D eigenvalue weighted by Crippen LogP contribution is 2.36. The number of rotatable bonds is 3. The lowest BCUT2D eigenvalue weighted by Crippen LogP contribution is -2.35. The maximum absolute atomic E-state index is 4.27. The number of benzene rings is 1. The Kier molecular flexibility index (Phi) is 4.12. The molecule has 1 atom stereocenters. The van der Waals surface area contributed by atoms with E-state index in [9.17, 15) is 0 Å². The maximum atomic E-state index is 4.27. The molecular formula is C22H27N3. The fourth-order valence-electron chi connectivity index (χ4n) is 4.25. The standard InChI is InChI=1S/C22H27N3/c1-15-7-8-16(2)22-21(15)19-14-24(4)17(3)12-20(19)25(22)11-9-18-6-5-10-23-13-18/h5-8,10,13,17H,9,11-12,14H2,1-4H3. The van der Waals surface area contributed by atoms with Crippen molar-refractivity contribution < 1.29 is 0 Å². The van der Waals surface area contributed by atoms with Gasteiger partial charge in [0.2, 0.25) is 0 Å². The van der Waals surface area contributed by atoms with Crippen LogP contribution in [0.2, 0.25) is 0 Å². The first-order valence-corrected chi connectivity index (χ1v) is 9.25. The van der Waals surface area contributed by atoms with Gasteiger partial charge in [-0.1, -0.05) is 18.2 Å². The molecule has 0 bridgehead atoms. The molecule has 0 N–H and O–H groups in total. The van der Waals surface area contributed by atoms with Crippen LogP contribution in [-0.4, -0.2) is 27.5 Å². The Balaban J connectivity index is 1.85. The minimum atomic E-state index is 0.592. The van der Waals surface area contributed by atoms with Crippen molar-refractivity contribution in [1.82, 2.24) is 14.5 Å². The van der Waals surface area contributed by atoms with E-state index in [1.807, 2.05) is 18.5 Å². The molecule has 0 saturated heterocycles. The highest BCUT2D eigenvalue weighted by molar-refractivity contribution is 5.91. The first-order chi connectivity index (χ1) is 12.1. The third-order valence-corrected chi connectivity index (χ3v) is 5.83. The van der Waals surface area contributed by atoms with E-state index in [-0.39, 0.29) is 0 Å². The molecule has 130 valence electrons. The Labute approximate surface area is 150 Å². The van der Waals surface area contributed by atoms with Gasteiger partial charge in [-0.3, -0.25) is 9.88 Å². The Morgan fingerprint density at radius 2 is 1.96 bits per heavy atom. The second kappa shape index (κ2) is 6.30. The van der Waals surface area contributed by atoms with Crippen molar-refractivity contribution in [2.75, 3.05) is 7.05 Å². The summed E-state index contributed by atoms with van der Waals surface area (Å²) in [5, 5.41) is 1.49. The molecule has 3 heterocycles. The Morgan fingerprint density at radius 1 is 1.16 bits per heavy atom. The van der Waals surface area contributed by atoms with Gasteiger partial charge >= 0.3 is 0 Å². The number of nitrogens with zero attached hydrogens (tertiary/aromatic N) is 3. The van der Waals surface area contributed by atoms with Crippen molar-refractivity contribution >= 4 is 10.9 Å².